The van der Waals surface area contributed by atoms with Crippen LogP contribution in [-0.4, -0.2) is 19.7 Å². The number of hydrogen-bond acceptors (Lipinski definition) is 5. The van der Waals surface area contributed by atoms with Crippen LogP contribution in [0.25, 0.3) is 0 Å². The first-order valence-corrected chi connectivity index (χ1v) is 6.24. The Hall–Kier alpha value is -1.70. The Kier molecular flexibility index (Phi) is 2.66. The molecule has 0 atom stereocenters. The highest BCUT2D eigenvalue weighted by atomic mass is 79.9. The van der Waals surface area contributed by atoms with Crippen molar-refractivity contribution < 1.29 is 4.52 Å². The molecule has 8 heteroatoms. The van der Waals surface area contributed by atoms with Gasteiger partial charge in [-0.3, -0.25) is 14.3 Å². The quantitative estimate of drug-likeness (QED) is 0.896. The molecule has 0 radical (unpaired) electrons. The molecule has 1 N–H and O–H groups in total. The van der Waals surface area contributed by atoms with Crippen molar-refractivity contribution in [3.8, 4) is 0 Å². The van der Waals surface area contributed by atoms with Crippen molar-refractivity contribution in [1.82, 2.24) is 19.7 Å². The lowest BCUT2D eigenvalue weighted by Gasteiger charge is -2.00. The van der Waals surface area contributed by atoms with Crippen LogP contribution in [0.15, 0.2) is 24.8 Å². The third-order valence-electron chi connectivity index (χ3n) is 2.70. The second-order valence-electron chi connectivity index (χ2n) is 4.18. The average molecular weight is 313 g/mol. The maximum atomic E-state index is 11.5. The Balaban J connectivity index is 1.89. The highest BCUT2D eigenvalue weighted by molar-refractivity contribution is 9.10. The Labute approximate surface area is 109 Å². The smallest absolute Gasteiger partial charge is 0.328 e. The molecule has 3 rings (SSSR count). The molecule has 0 bridgehead atoms. The number of aromatic nitrogens is 4. The summed E-state index contributed by atoms with van der Waals surface area (Å²) in [4.78, 5) is 29.1. The van der Waals surface area contributed by atoms with Crippen LogP contribution in [0.5, 0.6) is 0 Å². The van der Waals surface area contributed by atoms with Gasteiger partial charge in [0.2, 0.25) is 5.89 Å². The number of nitrogens with zero attached hydrogens (tertiary/aromatic N) is 3. The van der Waals surface area contributed by atoms with Crippen LogP contribution in [0.1, 0.15) is 30.5 Å². The first-order valence-electron chi connectivity index (χ1n) is 5.45. The lowest BCUT2D eigenvalue weighted by atomic mass is 10.4. The second-order valence-corrected chi connectivity index (χ2v) is 5.04. The van der Waals surface area contributed by atoms with E-state index in [0.29, 0.717) is 17.6 Å². The van der Waals surface area contributed by atoms with Gasteiger partial charge in [0.15, 0.2) is 5.82 Å². The molecule has 0 saturated heterocycles. The van der Waals surface area contributed by atoms with Crippen LogP contribution < -0.4 is 11.2 Å². The molecule has 1 aliphatic rings. The van der Waals surface area contributed by atoms with Gasteiger partial charge in [0.05, 0.1) is 4.47 Å². The van der Waals surface area contributed by atoms with E-state index < -0.39 is 11.2 Å². The zero-order valence-corrected chi connectivity index (χ0v) is 10.8. The van der Waals surface area contributed by atoms with Crippen molar-refractivity contribution in [3.63, 3.8) is 0 Å². The summed E-state index contributed by atoms with van der Waals surface area (Å²) in [5, 5.41) is 3.86. The molecule has 2 heterocycles. The van der Waals surface area contributed by atoms with Gasteiger partial charge in [-0.2, -0.15) is 4.98 Å². The lowest BCUT2D eigenvalue weighted by Crippen LogP contribution is -2.30. The Bertz CT molecular complexity index is 698. The van der Waals surface area contributed by atoms with Gasteiger partial charge in [0.25, 0.3) is 5.56 Å². The minimum Gasteiger partial charge on any atom is -0.337 e. The minimum atomic E-state index is -0.505. The molecular formula is C10H9BrN4O3. The highest BCUT2D eigenvalue weighted by Crippen LogP contribution is 2.38. The van der Waals surface area contributed by atoms with E-state index in [4.69, 9.17) is 4.52 Å². The zero-order valence-electron chi connectivity index (χ0n) is 9.22. The minimum absolute atomic E-state index is 0.147. The van der Waals surface area contributed by atoms with Gasteiger partial charge in [-0.1, -0.05) is 5.16 Å². The van der Waals surface area contributed by atoms with Gasteiger partial charge in [-0.15, -0.1) is 0 Å². The Morgan fingerprint density at radius 1 is 1.50 bits per heavy atom. The fraction of sp³-hybridized carbons (Fsp3) is 0.400. The van der Waals surface area contributed by atoms with E-state index in [1.54, 1.807) is 0 Å². The van der Waals surface area contributed by atoms with E-state index in [9.17, 15) is 9.59 Å². The summed E-state index contributed by atoms with van der Waals surface area (Å²) >= 11 is 3.06. The molecule has 0 aliphatic heterocycles. The van der Waals surface area contributed by atoms with Crippen molar-refractivity contribution in [3.05, 3.63) is 43.2 Å². The zero-order chi connectivity index (χ0) is 12.7. The summed E-state index contributed by atoms with van der Waals surface area (Å²) in [5.74, 6) is 1.46. The van der Waals surface area contributed by atoms with Crippen molar-refractivity contribution in [1.29, 1.82) is 0 Å². The normalized spacial score (nSPS) is 14.9. The van der Waals surface area contributed by atoms with Crippen LogP contribution in [0.3, 0.4) is 0 Å². The van der Waals surface area contributed by atoms with Gasteiger partial charge in [0, 0.05) is 12.1 Å². The van der Waals surface area contributed by atoms with Crippen LogP contribution in [0.2, 0.25) is 0 Å². The van der Waals surface area contributed by atoms with Gasteiger partial charge < -0.3 is 4.52 Å². The maximum Gasteiger partial charge on any atom is 0.328 e. The number of H-pyrrole nitrogens is 1. The summed E-state index contributed by atoms with van der Waals surface area (Å²) in [6, 6.07) is 0. The first kappa shape index (κ1) is 11.4. The summed E-state index contributed by atoms with van der Waals surface area (Å²) in [5.41, 5.74) is -0.963. The van der Waals surface area contributed by atoms with Gasteiger partial charge in [-0.05, 0) is 28.8 Å². The van der Waals surface area contributed by atoms with Gasteiger partial charge in [-0.25, -0.2) is 4.79 Å². The second kappa shape index (κ2) is 4.20. The predicted molar refractivity (Wildman–Crippen MR) is 64.4 cm³/mol. The van der Waals surface area contributed by atoms with Crippen LogP contribution in [0, 0.1) is 0 Å². The van der Waals surface area contributed by atoms with E-state index in [-0.39, 0.29) is 11.0 Å². The number of aromatic amines is 1. The third-order valence-corrected chi connectivity index (χ3v) is 3.26. The van der Waals surface area contributed by atoms with E-state index >= 15 is 0 Å². The third kappa shape index (κ3) is 2.15. The predicted octanol–water partition coefficient (Wildman–Crippen LogP) is 0.608. The molecule has 1 saturated carbocycles. The van der Waals surface area contributed by atoms with E-state index in [1.165, 1.54) is 10.8 Å². The molecule has 7 nitrogen and oxygen atoms in total. The number of hydrogen-bond donors (Lipinski definition) is 1. The Morgan fingerprint density at radius 3 is 3.00 bits per heavy atom. The molecule has 0 amide bonds. The van der Waals surface area contributed by atoms with Crippen molar-refractivity contribution in [2.75, 3.05) is 0 Å². The van der Waals surface area contributed by atoms with Crippen LogP contribution in [0.4, 0.5) is 0 Å². The number of nitrogens with one attached hydrogen (secondary N) is 1. The topological polar surface area (TPSA) is 93.8 Å². The van der Waals surface area contributed by atoms with Crippen LogP contribution >= 0.6 is 15.9 Å². The molecule has 94 valence electrons. The number of rotatable bonds is 3. The molecule has 1 fully saturated rings. The molecule has 1 aliphatic carbocycles. The fourth-order valence-electron chi connectivity index (χ4n) is 1.59. The monoisotopic (exact) mass is 312 g/mol. The summed E-state index contributed by atoms with van der Waals surface area (Å²) in [6.45, 7) is 0.147. The summed E-state index contributed by atoms with van der Waals surface area (Å²) in [6.07, 6.45) is 3.58. The number of halogens is 1. The summed E-state index contributed by atoms with van der Waals surface area (Å²) in [7, 11) is 0. The van der Waals surface area contributed by atoms with Crippen LogP contribution in [-0.2, 0) is 6.54 Å². The first-order chi connectivity index (χ1) is 8.63. The Morgan fingerprint density at radius 2 is 2.28 bits per heavy atom. The molecule has 18 heavy (non-hydrogen) atoms. The van der Waals surface area contributed by atoms with Crippen molar-refractivity contribution >= 4 is 15.9 Å². The van der Waals surface area contributed by atoms with E-state index in [1.807, 2.05) is 0 Å². The molecule has 2 aromatic heterocycles. The largest absolute Gasteiger partial charge is 0.337 e. The van der Waals surface area contributed by atoms with Gasteiger partial charge >= 0.3 is 5.69 Å². The molecule has 0 aromatic carbocycles. The van der Waals surface area contributed by atoms with E-state index in [2.05, 4.69) is 31.1 Å². The molecule has 0 unspecified atom stereocenters. The SMILES string of the molecule is O=c1[nH]c(=O)n(Cc2nc(C3CC3)no2)cc1Br. The molecule has 0 spiro atoms. The maximum absolute atomic E-state index is 11.5. The van der Waals surface area contributed by atoms with Gasteiger partial charge in [0.1, 0.15) is 6.54 Å². The summed E-state index contributed by atoms with van der Waals surface area (Å²) < 4.78 is 6.65. The molecular weight excluding hydrogens is 304 g/mol. The standard InChI is InChI=1S/C10H9BrN4O3/c11-6-3-15(10(17)13-9(6)16)4-7-12-8(14-18-7)5-1-2-5/h3,5H,1-2,4H2,(H,13,16,17). The average Bonchev–Trinajstić information content (AvgIpc) is 3.07. The van der Waals surface area contributed by atoms with Crippen molar-refractivity contribution in [2.45, 2.75) is 25.3 Å². The highest BCUT2D eigenvalue weighted by Gasteiger charge is 2.28. The van der Waals surface area contributed by atoms with Crippen molar-refractivity contribution in [2.24, 2.45) is 0 Å². The fourth-order valence-corrected chi connectivity index (χ4v) is 1.93. The lowest BCUT2D eigenvalue weighted by molar-refractivity contribution is 0.364. The molecule has 2 aromatic rings. The van der Waals surface area contributed by atoms with E-state index in [0.717, 1.165) is 12.8 Å².